The largest absolute Gasteiger partial charge is 0.492 e. The Balaban J connectivity index is 1.23. The van der Waals surface area contributed by atoms with Crippen LogP contribution in [0.1, 0.15) is 45.1 Å². The van der Waals surface area contributed by atoms with Gasteiger partial charge in [-0.25, -0.2) is 0 Å². The summed E-state index contributed by atoms with van der Waals surface area (Å²) in [6.07, 6.45) is 5.24. The number of aryl methyl sites for hydroxylation is 1. The van der Waals surface area contributed by atoms with Crippen molar-refractivity contribution in [3.05, 3.63) is 60.2 Å². The van der Waals surface area contributed by atoms with Crippen LogP contribution >= 0.6 is 11.3 Å². The van der Waals surface area contributed by atoms with E-state index < -0.39 is 0 Å². The van der Waals surface area contributed by atoms with Crippen LogP contribution in [0.5, 0.6) is 17.2 Å². The zero-order valence-corrected chi connectivity index (χ0v) is 26.7. The highest BCUT2D eigenvalue weighted by Gasteiger charge is 2.21. The minimum Gasteiger partial charge on any atom is -0.492 e. The molecule has 2 fully saturated rings. The number of ether oxygens (including phenoxy) is 3. The highest BCUT2D eigenvalue weighted by molar-refractivity contribution is 7.22. The van der Waals surface area contributed by atoms with E-state index >= 15 is 0 Å². The van der Waals surface area contributed by atoms with E-state index in [1.54, 1.807) is 11.3 Å². The van der Waals surface area contributed by atoms with Crippen molar-refractivity contribution in [3.63, 3.8) is 0 Å². The second kappa shape index (κ2) is 13.6. The van der Waals surface area contributed by atoms with Gasteiger partial charge in [-0.2, -0.15) is 0 Å². The normalized spacial score (nSPS) is 16.0. The molecule has 0 amide bonds. The summed E-state index contributed by atoms with van der Waals surface area (Å²) in [7, 11) is 0. The number of fused-ring (bicyclic) bond motifs is 1. The van der Waals surface area contributed by atoms with Crippen LogP contribution in [-0.2, 0) is 0 Å². The second-order valence-corrected chi connectivity index (χ2v) is 13.2. The molecule has 228 valence electrons. The minimum atomic E-state index is 0.0299. The van der Waals surface area contributed by atoms with Gasteiger partial charge >= 0.3 is 0 Å². The summed E-state index contributed by atoms with van der Waals surface area (Å²) in [5, 5.41) is 1.10. The molecule has 3 aromatic carbocycles. The molecule has 0 saturated carbocycles. The van der Waals surface area contributed by atoms with E-state index in [1.165, 1.54) is 67.9 Å². The van der Waals surface area contributed by atoms with E-state index in [1.807, 2.05) is 12.1 Å². The van der Waals surface area contributed by atoms with Gasteiger partial charge in [-0.3, -0.25) is 9.80 Å². The molecule has 2 aliphatic heterocycles. The summed E-state index contributed by atoms with van der Waals surface area (Å²) in [6, 6.07) is 18.9. The number of hydrogen-bond donors (Lipinski definition) is 1. The van der Waals surface area contributed by atoms with Crippen molar-refractivity contribution in [2.24, 2.45) is 0 Å². The summed E-state index contributed by atoms with van der Waals surface area (Å²) in [6.45, 7) is 14.5. The highest BCUT2D eigenvalue weighted by Crippen LogP contribution is 2.48. The van der Waals surface area contributed by atoms with Crippen LogP contribution in [0.2, 0.25) is 0 Å². The standard InChI is InChI=1S/C36H45N3O3S/c1-25(2)42-31-24-32-33(35(37)34(31)27-8-12-29(13-9-27)40-22-20-38-16-4-5-17-38)26(3)36(43-32)28-10-14-30(15-11-28)41-23-21-39-18-6-7-19-39/h8-15,24-25H,4-7,16-23,37H2,1-3H3. The highest BCUT2D eigenvalue weighted by atomic mass is 32.1. The third-order valence-corrected chi connectivity index (χ3v) is 9.88. The molecule has 2 N–H and O–H groups in total. The summed E-state index contributed by atoms with van der Waals surface area (Å²) in [5.41, 5.74) is 12.1. The molecule has 6 nitrogen and oxygen atoms in total. The number of nitrogens with zero attached hydrogens (tertiary/aromatic N) is 2. The zero-order chi connectivity index (χ0) is 29.8. The predicted molar refractivity (Wildman–Crippen MR) is 180 cm³/mol. The van der Waals surface area contributed by atoms with Crippen molar-refractivity contribution < 1.29 is 14.2 Å². The molecule has 4 aromatic rings. The maximum absolute atomic E-state index is 7.00. The first-order valence-corrected chi connectivity index (χ1v) is 16.7. The van der Waals surface area contributed by atoms with Crippen LogP contribution in [0.4, 0.5) is 5.69 Å². The molecule has 43 heavy (non-hydrogen) atoms. The molecule has 0 radical (unpaired) electrons. The molecular weight excluding hydrogens is 554 g/mol. The van der Waals surface area contributed by atoms with Crippen LogP contribution in [0, 0.1) is 6.92 Å². The fourth-order valence-corrected chi connectivity index (χ4v) is 7.62. The van der Waals surface area contributed by atoms with Gasteiger partial charge in [-0.05, 0) is 132 Å². The molecule has 0 atom stereocenters. The number of hydrogen-bond acceptors (Lipinski definition) is 7. The lowest BCUT2D eigenvalue weighted by molar-refractivity contribution is 0.237. The SMILES string of the molecule is Cc1c(-c2ccc(OCCN3CCCC3)cc2)sc2cc(OC(C)C)c(-c3ccc(OCCN4CCCC4)cc3)c(N)c12. The van der Waals surface area contributed by atoms with E-state index in [2.05, 4.69) is 73.0 Å². The number of thiophene rings is 1. The fraction of sp³-hybridized carbons (Fsp3) is 0.444. The number of anilines is 1. The second-order valence-electron chi connectivity index (χ2n) is 12.1. The Labute approximate surface area is 260 Å². The Morgan fingerprint density at radius 2 is 1.28 bits per heavy atom. The molecule has 0 unspecified atom stereocenters. The lowest BCUT2D eigenvalue weighted by Gasteiger charge is -2.18. The first-order chi connectivity index (χ1) is 21.0. The van der Waals surface area contributed by atoms with Gasteiger partial charge in [0.2, 0.25) is 0 Å². The van der Waals surface area contributed by atoms with Gasteiger partial charge in [-0.15, -0.1) is 11.3 Å². The third-order valence-electron chi connectivity index (χ3n) is 8.59. The Morgan fingerprint density at radius 3 is 1.79 bits per heavy atom. The third kappa shape index (κ3) is 6.95. The van der Waals surface area contributed by atoms with Crippen molar-refractivity contribution in [2.75, 3.05) is 58.2 Å². The van der Waals surface area contributed by atoms with Crippen LogP contribution < -0.4 is 19.9 Å². The molecule has 0 aliphatic carbocycles. The number of nitrogen functional groups attached to an aromatic ring is 1. The smallest absolute Gasteiger partial charge is 0.131 e. The van der Waals surface area contributed by atoms with E-state index in [0.717, 1.165) is 63.8 Å². The summed E-state index contributed by atoms with van der Waals surface area (Å²) >= 11 is 1.77. The molecule has 0 spiro atoms. The number of rotatable bonds is 12. The van der Waals surface area contributed by atoms with Crippen LogP contribution in [0.3, 0.4) is 0 Å². The average molecular weight is 600 g/mol. The van der Waals surface area contributed by atoms with Crippen molar-refractivity contribution in [2.45, 2.75) is 52.6 Å². The first kappa shape index (κ1) is 29.8. The van der Waals surface area contributed by atoms with Crippen molar-refractivity contribution in [1.82, 2.24) is 9.80 Å². The molecular formula is C36H45N3O3S. The maximum atomic E-state index is 7.00. The number of benzene rings is 3. The summed E-state index contributed by atoms with van der Waals surface area (Å²) < 4.78 is 19.6. The molecule has 7 heteroatoms. The van der Waals surface area contributed by atoms with Gasteiger partial charge < -0.3 is 19.9 Å². The topological polar surface area (TPSA) is 60.2 Å². The van der Waals surface area contributed by atoms with Gasteiger partial charge in [0.1, 0.15) is 30.5 Å². The van der Waals surface area contributed by atoms with Gasteiger partial charge in [0, 0.05) is 33.6 Å². The van der Waals surface area contributed by atoms with E-state index in [9.17, 15) is 0 Å². The lowest BCUT2D eigenvalue weighted by Crippen LogP contribution is -2.25. The van der Waals surface area contributed by atoms with E-state index in [0.29, 0.717) is 6.61 Å². The van der Waals surface area contributed by atoms with E-state index in [4.69, 9.17) is 19.9 Å². The Kier molecular flexibility index (Phi) is 9.41. The van der Waals surface area contributed by atoms with Crippen molar-refractivity contribution in [1.29, 1.82) is 0 Å². The number of nitrogens with two attached hydrogens (primary N) is 1. The van der Waals surface area contributed by atoms with Gasteiger partial charge in [0.05, 0.1) is 11.8 Å². The molecule has 6 rings (SSSR count). The zero-order valence-electron chi connectivity index (χ0n) is 25.9. The summed E-state index contributed by atoms with van der Waals surface area (Å²) in [4.78, 5) is 6.17. The lowest BCUT2D eigenvalue weighted by atomic mass is 9.97. The number of likely N-dealkylation sites (tertiary alicyclic amines) is 2. The van der Waals surface area contributed by atoms with E-state index in [-0.39, 0.29) is 6.10 Å². The Morgan fingerprint density at radius 1 is 0.767 bits per heavy atom. The Hall–Kier alpha value is -3.26. The molecule has 2 aliphatic rings. The molecule has 3 heterocycles. The van der Waals surface area contributed by atoms with Crippen LogP contribution in [0.15, 0.2) is 54.6 Å². The van der Waals surface area contributed by atoms with Gasteiger partial charge in [-0.1, -0.05) is 12.1 Å². The molecule has 1 aromatic heterocycles. The molecule has 2 saturated heterocycles. The maximum Gasteiger partial charge on any atom is 0.131 e. The van der Waals surface area contributed by atoms with Crippen LogP contribution in [-0.4, -0.2) is 68.4 Å². The van der Waals surface area contributed by atoms with Gasteiger partial charge in [0.15, 0.2) is 0 Å². The van der Waals surface area contributed by atoms with Gasteiger partial charge in [0.25, 0.3) is 0 Å². The van der Waals surface area contributed by atoms with Crippen molar-refractivity contribution in [3.8, 4) is 38.8 Å². The first-order valence-electron chi connectivity index (χ1n) is 15.9. The summed E-state index contributed by atoms with van der Waals surface area (Å²) in [5.74, 6) is 2.61. The minimum absolute atomic E-state index is 0.0299. The average Bonchev–Trinajstić information content (AvgIpc) is 3.77. The molecule has 0 bridgehead atoms. The Bertz CT molecular complexity index is 1500. The fourth-order valence-electron chi connectivity index (χ4n) is 6.36. The quantitative estimate of drug-likeness (QED) is 0.167. The monoisotopic (exact) mass is 599 g/mol. The van der Waals surface area contributed by atoms with Crippen molar-refractivity contribution >= 4 is 27.1 Å². The predicted octanol–water partition coefficient (Wildman–Crippen LogP) is 7.86. The van der Waals surface area contributed by atoms with Crippen LogP contribution in [0.25, 0.3) is 31.7 Å².